The van der Waals surface area contributed by atoms with Crippen molar-refractivity contribution in [2.24, 2.45) is 0 Å². The first-order valence-electron chi connectivity index (χ1n) is 11.0. The SMILES string of the molecule is CCCCCCOc1ccc(C[NH+]2CCN(c3cccc(C)c3C)CC2)cc1. The van der Waals surface area contributed by atoms with Gasteiger partial charge in [0.05, 0.1) is 32.8 Å². The maximum Gasteiger partial charge on any atom is 0.119 e. The first-order chi connectivity index (χ1) is 13.7. The van der Waals surface area contributed by atoms with Gasteiger partial charge in [-0.25, -0.2) is 0 Å². The van der Waals surface area contributed by atoms with E-state index in [4.69, 9.17) is 4.74 Å². The van der Waals surface area contributed by atoms with Crippen LogP contribution in [0.15, 0.2) is 42.5 Å². The molecule has 0 atom stereocenters. The van der Waals surface area contributed by atoms with Gasteiger partial charge in [0.2, 0.25) is 0 Å². The molecule has 28 heavy (non-hydrogen) atoms. The smallest absolute Gasteiger partial charge is 0.119 e. The monoisotopic (exact) mass is 381 g/mol. The second kappa shape index (κ2) is 10.5. The topological polar surface area (TPSA) is 16.9 Å². The molecule has 1 N–H and O–H groups in total. The minimum absolute atomic E-state index is 0.838. The Morgan fingerprint density at radius 2 is 1.68 bits per heavy atom. The molecule has 3 rings (SSSR count). The van der Waals surface area contributed by atoms with Crippen molar-refractivity contribution in [1.29, 1.82) is 0 Å². The predicted octanol–water partition coefficient (Wildman–Crippen LogP) is 4.17. The van der Waals surface area contributed by atoms with Crippen LogP contribution in [0.5, 0.6) is 5.75 Å². The first-order valence-corrected chi connectivity index (χ1v) is 11.0. The molecule has 3 nitrogen and oxygen atoms in total. The van der Waals surface area contributed by atoms with E-state index in [2.05, 4.69) is 68.1 Å². The first kappa shape index (κ1) is 20.7. The molecule has 0 radical (unpaired) electrons. The van der Waals surface area contributed by atoms with Crippen molar-refractivity contribution >= 4 is 5.69 Å². The molecule has 1 saturated heterocycles. The molecule has 1 fully saturated rings. The van der Waals surface area contributed by atoms with Crippen molar-refractivity contribution in [3.8, 4) is 5.75 Å². The van der Waals surface area contributed by atoms with E-state index in [-0.39, 0.29) is 0 Å². The Morgan fingerprint density at radius 3 is 2.39 bits per heavy atom. The van der Waals surface area contributed by atoms with E-state index < -0.39 is 0 Å². The Balaban J connectivity index is 1.44. The number of aryl methyl sites for hydroxylation is 1. The van der Waals surface area contributed by atoms with Crippen LogP contribution < -0.4 is 14.5 Å². The lowest BCUT2D eigenvalue weighted by Gasteiger charge is -2.34. The molecule has 0 aliphatic carbocycles. The van der Waals surface area contributed by atoms with E-state index in [1.54, 1.807) is 4.90 Å². The lowest BCUT2D eigenvalue weighted by atomic mass is 10.1. The third-order valence-corrected chi connectivity index (χ3v) is 6.03. The maximum absolute atomic E-state index is 5.87. The van der Waals surface area contributed by atoms with E-state index in [1.807, 2.05) is 0 Å². The molecule has 1 heterocycles. The van der Waals surface area contributed by atoms with E-state index in [0.29, 0.717) is 0 Å². The Kier molecular flexibility index (Phi) is 7.79. The number of quaternary nitrogens is 1. The van der Waals surface area contributed by atoms with Gasteiger partial charge in [0.25, 0.3) is 0 Å². The van der Waals surface area contributed by atoms with Crippen LogP contribution >= 0.6 is 0 Å². The molecule has 0 unspecified atom stereocenters. The van der Waals surface area contributed by atoms with Crippen LogP contribution in [0, 0.1) is 13.8 Å². The average molecular weight is 382 g/mol. The van der Waals surface area contributed by atoms with Gasteiger partial charge in [0.1, 0.15) is 12.3 Å². The number of benzene rings is 2. The molecule has 1 aliphatic heterocycles. The van der Waals surface area contributed by atoms with Gasteiger partial charge < -0.3 is 14.5 Å². The van der Waals surface area contributed by atoms with Crippen LogP contribution in [-0.2, 0) is 6.54 Å². The summed E-state index contributed by atoms with van der Waals surface area (Å²) < 4.78 is 5.87. The summed E-state index contributed by atoms with van der Waals surface area (Å²) in [5, 5.41) is 0. The Morgan fingerprint density at radius 1 is 0.929 bits per heavy atom. The highest BCUT2D eigenvalue weighted by Gasteiger charge is 2.21. The van der Waals surface area contributed by atoms with Crippen LogP contribution in [0.4, 0.5) is 5.69 Å². The summed E-state index contributed by atoms with van der Waals surface area (Å²) >= 11 is 0. The zero-order valence-electron chi connectivity index (χ0n) is 18.0. The molecule has 0 amide bonds. The van der Waals surface area contributed by atoms with Gasteiger partial charge in [-0.1, -0.05) is 38.3 Å². The van der Waals surface area contributed by atoms with E-state index in [9.17, 15) is 0 Å². The van der Waals surface area contributed by atoms with Crippen molar-refractivity contribution < 1.29 is 9.64 Å². The Labute approximate surface area is 171 Å². The summed E-state index contributed by atoms with van der Waals surface area (Å²) in [6.45, 7) is 13.3. The van der Waals surface area contributed by atoms with Gasteiger partial charge in [-0.3, -0.25) is 0 Å². The molecule has 0 saturated carbocycles. The van der Waals surface area contributed by atoms with Gasteiger partial charge in [-0.05, 0) is 61.7 Å². The van der Waals surface area contributed by atoms with E-state index in [1.165, 1.54) is 54.7 Å². The quantitative estimate of drug-likeness (QED) is 0.657. The van der Waals surface area contributed by atoms with Crippen molar-refractivity contribution in [3.05, 3.63) is 59.2 Å². The maximum atomic E-state index is 5.87. The molecule has 0 bridgehead atoms. The molecule has 2 aromatic rings. The molecule has 3 heteroatoms. The van der Waals surface area contributed by atoms with Gasteiger partial charge in [0.15, 0.2) is 0 Å². The third-order valence-electron chi connectivity index (χ3n) is 6.03. The fraction of sp³-hybridized carbons (Fsp3) is 0.520. The van der Waals surface area contributed by atoms with Crippen LogP contribution in [-0.4, -0.2) is 32.8 Å². The molecule has 2 aromatic carbocycles. The summed E-state index contributed by atoms with van der Waals surface area (Å²) in [6, 6.07) is 15.4. The Hall–Kier alpha value is -2.00. The minimum Gasteiger partial charge on any atom is -0.494 e. The van der Waals surface area contributed by atoms with E-state index >= 15 is 0 Å². The number of nitrogens with one attached hydrogen (secondary N) is 1. The summed E-state index contributed by atoms with van der Waals surface area (Å²) in [7, 11) is 0. The van der Waals surface area contributed by atoms with Gasteiger partial charge in [0, 0.05) is 11.3 Å². The van der Waals surface area contributed by atoms with Crippen LogP contribution in [0.3, 0.4) is 0 Å². The highest BCUT2D eigenvalue weighted by Crippen LogP contribution is 2.22. The normalized spacial score (nSPS) is 15.0. The van der Waals surface area contributed by atoms with Crippen molar-refractivity contribution in [1.82, 2.24) is 0 Å². The summed E-state index contributed by atoms with van der Waals surface area (Å²) in [6.07, 6.45) is 5.01. The number of hydrogen-bond acceptors (Lipinski definition) is 2. The lowest BCUT2D eigenvalue weighted by molar-refractivity contribution is -0.914. The molecular weight excluding hydrogens is 344 g/mol. The molecular formula is C25H37N2O+. The molecule has 0 aromatic heterocycles. The summed E-state index contributed by atoms with van der Waals surface area (Å²) in [4.78, 5) is 4.23. The average Bonchev–Trinajstić information content (AvgIpc) is 2.72. The van der Waals surface area contributed by atoms with Crippen molar-refractivity contribution in [2.45, 2.75) is 53.0 Å². The fourth-order valence-electron chi connectivity index (χ4n) is 4.03. The standard InChI is InChI=1S/C25H36N2O/c1-4-5-6-7-19-28-24-13-11-23(12-14-24)20-26-15-17-27(18-16-26)25-10-8-9-21(2)22(25)3/h8-14H,4-7,15-20H2,1-3H3/p+1. The largest absolute Gasteiger partial charge is 0.494 e. The number of ether oxygens (including phenoxy) is 1. The number of nitrogens with zero attached hydrogens (tertiary/aromatic N) is 1. The van der Waals surface area contributed by atoms with Gasteiger partial charge in [-0.2, -0.15) is 0 Å². The lowest BCUT2D eigenvalue weighted by Crippen LogP contribution is -3.13. The molecule has 1 aliphatic rings. The predicted molar refractivity (Wildman–Crippen MR) is 119 cm³/mol. The zero-order chi connectivity index (χ0) is 19.8. The number of rotatable bonds is 9. The number of piperazine rings is 1. The Bertz CT molecular complexity index is 718. The van der Waals surface area contributed by atoms with Crippen molar-refractivity contribution in [3.63, 3.8) is 0 Å². The number of anilines is 1. The second-order valence-corrected chi connectivity index (χ2v) is 8.19. The minimum atomic E-state index is 0.838. The summed E-state index contributed by atoms with van der Waals surface area (Å²) in [5.41, 5.74) is 5.64. The number of unbranched alkanes of at least 4 members (excludes halogenated alkanes) is 3. The van der Waals surface area contributed by atoms with Crippen LogP contribution in [0.1, 0.15) is 49.3 Å². The van der Waals surface area contributed by atoms with Crippen LogP contribution in [0.25, 0.3) is 0 Å². The van der Waals surface area contributed by atoms with E-state index in [0.717, 1.165) is 38.4 Å². The molecule has 0 spiro atoms. The summed E-state index contributed by atoms with van der Waals surface area (Å²) in [5.74, 6) is 1.01. The second-order valence-electron chi connectivity index (χ2n) is 8.19. The van der Waals surface area contributed by atoms with Gasteiger partial charge >= 0.3 is 0 Å². The highest BCUT2D eigenvalue weighted by molar-refractivity contribution is 5.56. The number of hydrogen-bond donors (Lipinski definition) is 1. The van der Waals surface area contributed by atoms with Gasteiger partial charge in [-0.15, -0.1) is 0 Å². The zero-order valence-corrected chi connectivity index (χ0v) is 18.0. The highest BCUT2D eigenvalue weighted by atomic mass is 16.5. The van der Waals surface area contributed by atoms with Crippen molar-refractivity contribution in [2.75, 3.05) is 37.7 Å². The van der Waals surface area contributed by atoms with Crippen LogP contribution in [0.2, 0.25) is 0 Å². The molecule has 152 valence electrons. The fourth-order valence-corrected chi connectivity index (χ4v) is 4.03. The third kappa shape index (κ3) is 5.75.